The van der Waals surface area contributed by atoms with Crippen molar-refractivity contribution in [2.24, 2.45) is 0 Å². The van der Waals surface area contributed by atoms with Crippen molar-refractivity contribution in [1.29, 1.82) is 5.26 Å². The predicted octanol–water partition coefficient (Wildman–Crippen LogP) is 10.9. The number of fused-ring (bicyclic) bond motifs is 4. The zero-order chi connectivity index (χ0) is 68.1. The molecule has 9 atom stereocenters. The fourth-order valence-corrected chi connectivity index (χ4v) is 13.7. The number of methoxy groups -OCH3 is 2. The molecule has 4 heterocycles. The molecular formula is C72H80N9O15P. The smallest absolute Gasteiger partial charge is 0.475 e. The molecule has 6 aromatic carbocycles. The number of hydrogen-bond donors (Lipinski definition) is 6. The number of amides is 3. The number of nitriles is 1. The van der Waals surface area contributed by atoms with Crippen molar-refractivity contribution in [2.45, 2.75) is 127 Å². The Kier molecular flexibility index (Phi) is 23.0. The Labute approximate surface area is 562 Å². The molecule has 3 aliphatic rings. The number of aromatic nitrogens is 4. The van der Waals surface area contributed by atoms with Crippen LogP contribution < -0.4 is 25.4 Å². The number of anilines is 1. The van der Waals surface area contributed by atoms with Gasteiger partial charge in [-0.25, -0.2) is 24.3 Å². The van der Waals surface area contributed by atoms with E-state index in [1.165, 1.54) is 46.0 Å². The van der Waals surface area contributed by atoms with Crippen LogP contribution in [0.25, 0.3) is 22.3 Å². The number of carbonyl (C=O) groups is 2. The molecule has 3 amide bonds. The highest BCUT2D eigenvalue weighted by atomic mass is 31.2. The van der Waals surface area contributed by atoms with Crippen LogP contribution in [-0.4, -0.2) is 136 Å². The van der Waals surface area contributed by atoms with E-state index in [9.17, 15) is 30.2 Å². The molecule has 2 aromatic heterocycles. The summed E-state index contributed by atoms with van der Waals surface area (Å²) in [6, 6.07) is 49.5. The van der Waals surface area contributed by atoms with Crippen LogP contribution in [0.5, 0.6) is 11.5 Å². The third-order valence-corrected chi connectivity index (χ3v) is 18.8. The van der Waals surface area contributed by atoms with E-state index < -0.39 is 74.9 Å². The molecule has 0 radical (unpaired) electrons. The van der Waals surface area contributed by atoms with E-state index in [0.717, 1.165) is 22.3 Å². The van der Waals surface area contributed by atoms with Crippen molar-refractivity contribution in [3.8, 4) is 28.7 Å². The van der Waals surface area contributed by atoms with Gasteiger partial charge in [-0.3, -0.25) is 33.1 Å². The van der Waals surface area contributed by atoms with Gasteiger partial charge in [-0.1, -0.05) is 122 Å². The Hall–Kier alpha value is -8.77. The van der Waals surface area contributed by atoms with Crippen LogP contribution in [-0.2, 0) is 49.2 Å². The molecule has 25 heteroatoms. The number of ether oxygens (including phenoxy) is 6. The van der Waals surface area contributed by atoms with Crippen LogP contribution >= 0.6 is 7.82 Å². The number of urea groups is 1. The molecule has 6 N–H and O–H groups in total. The first-order valence-corrected chi connectivity index (χ1v) is 33.7. The standard InChI is InChI=1S/C72H80N9O15P/c1-6-63(80-40-46(2)69(84)79-71(80)86)94-47(3)41-93-97(87,92-37-15-36-73)96-60-38-64(95-61(60)43-91-72(50-16-8-7-9-17-50,51-28-32-53(88-4)33-29-51)52-30-34-54(89-5)35-31-52)81-45-77-66-67(75-44-76-68(66)81)78-70(85)49-26-24-48(25-27-49)39-74-62(82)22-14-23-65(83)90-42-59-57-20-12-10-18-55(57)56-19-11-13-21-58(56)59/h7-13,16-21,24-35,40,44-45,47,59-65,69,74,82-84H,6,14-15,22-23,37-39,41-43H2,1-5H3,(H,79,86)(H,75,76,78,85)/t47-,60?,61+,62?,63+,64+,65?,69?,97?/m0/s1. The lowest BCUT2D eigenvalue weighted by Crippen LogP contribution is -2.52. The quantitative estimate of drug-likeness (QED) is 0.00964. The highest BCUT2D eigenvalue weighted by Crippen LogP contribution is 2.54. The SMILES string of the molecule is CC[C@@H](O[C@@H](C)COP(=O)(OCCC#N)OC1C[C@H](n2cnc3c(NC(=O)c4ccc(CNC(O)CCCC(O)OCC5c6ccccc6-c6ccccc65)cc4)ncnc32)O[C@@H]1COC(c1ccccc1)(c1ccc(OC)cc1)c1ccc(OC)cc1)N1C=C(C)C(O)NC1=O. The first-order chi connectivity index (χ1) is 47.1. The summed E-state index contributed by atoms with van der Waals surface area (Å²) in [6.07, 6.45) is -2.03. The monoisotopic (exact) mass is 1340 g/mol. The van der Waals surface area contributed by atoms with Gasteiger partial charge in [-0.05, 0) is 126 Å². The fourth-order valence-electron chi connectivity index (χ4n) is 12.3. The lowest BCUT2D eigenvalue weighted by atomic mass is 9.80. The second kappa shape index (κ2) is 32.1. The first-order valence-electron chi connectivity index (χ1n) is 32.3. The van der Waals surface area contributed by atoms with E-state index in [2.05, 4.69) is 55.2 Å². The van der Waals surface area contributed by atoms with Crippen molar-refractivity contribution in [3.63, 3.8) is 0 Å². The summed E-state index contributed by atoms with van der Waals surface area (Å²) in [6.45, 7) is 4.91. The van der Waals surface area contributed by atoms with Gasteiger partial charge in [-0.2, -0.15) is 5.26 Å². The topological polar surface area (TPSA) is 302 Å². The van der Waals surface area contributed by atoms with E-state index >= 15 is 4.57 Å². The second-order valence-electron chi connectivity index (χ2n) is 23.8. The maximum atomic E-state index is 15.2. The number of rotatable bonds is 33. The number of nitrogens with zero attached hydrogens (tertiary/aromatic N) is 6. The Bertz CT molecular complexity index is 3990. The van der Waals surface area contributed by atoms with Crippen LogP contribution in [0.1, 0.15) is 115 Å². The zero-order valence-electron chi connectivity index (χ0n) is 54.5. The molecule has 8 aromatic rings. The summed E-state index contributed by atoms with van der Waals surface area (Å²) in [5, 5.41) is 49.9. The summed E-state index contributed by atoms with van der Waals surface area (Å²) in [7, 11) is -1.49. The first kappa shape index (κ1) is 69.6. The summed E-state index contributed by atoms with van der Waals surface area (Å²) < 4.78 is 73.0. The zero-order valence-corrected chi connectivity index (χ0v) is 55.4. The third kappa shape index (κ3) is 16.3. The molecule has 5 unspecified atom stereocenters. The van der Waals surface area contributed by atoms with E-state index in [-0.39, 0.29) is 55.6 Å². The average Bonchev–Trinajstić information content (AvgIpc) is 1.65. The van der Waals surface area contributed by atoms with Gasteiger partial charge in [0.1, 0.15) is 54.3 Å². The molecule has 2 aliphatic heterocycles. The Morgan fingerprint density at radius 1 is 0.835 bits per heavy atom. The predicted molar refractivity (Wildman–Crippen MR) is 358 cm³/mol. The van der Waals surface area contributed by atoms with E-state index in [4.69, 9.17) is 42.0 Å². The van der Waals surface area contributed by atoms with E-state index in [1.54, 1.807) is 56.9 Å². The molecule has 1 aliphatic carbocycles. The highest BCUT2D eigenvalue weighted by Gasteiger charge is 2.47. The minimum atomic E-state index is -4.66. The molecule has 11 rings (SSSR count). The normalized spacial score (nSPS) is 18.8. The van der Waals surface area contributed by atoms with Crippen molar-refractivity contribution in [3.05, 3.63) is 215 Å². The number of carbonyl (C=O) groups excluding carboxylic acids is 2. The molecule has 1 fully saturated rings. The fraction of sp³-hybridized carbons (Fsp3) is 0.361. The molecule has 1 saturated heterocycles. The Balaban J connectivity index is 0.785. The third-order valence-electron chi connectivity index (χ3n) is 17.3. The second-order valence-corrected chi connectivity index (χ2v) is 25.4. The van der Waals surface area contributed by atoms with Gasteiger partial charge >= 0.3 is 13.9 Å². The van der Waals surface area contributed by atoms with Crippen molar-refractivity contribution in [2.75, 3.05) is 46.0 Å². The van der Waals surface area contributed by atoms with E-state index in [1.807, 2.05) is 116 Å². The van der Waals surface area contributed by atoms with Crippen LogP contribution in [0, 0.1) is 11.3 Å². The number of aliphatic hydroxyl groups is 3. The van der Waals surface area contributed by atoms with Gasteiger partial charge in [0, 0.05) is 30.6 Å². The molecule has 0 bridgehead atoms. The minimum absolute atomic E-state index is 0.0158. The molecule has 24 nitrogen and oxygen atoms in total. The van der Waals surface area contributed by atoms with Crippen LogP contribution in [0.3, 0.4) is 0 Å². The molecule has 0 spiro atoms. The number of imidazole rings is 1. The Morgan fingerprint density at radius 3 is 2.13 bits per heavy atom. The van der Waals surface area contributed by atoms with Crippen LogP contribution in [0.4, 0.5) is 10.6 Å². The van der Waals surface area contributed by atoms with Gasteiger partial charge in [0.05, 0.1) is 65.6 Å². The van der Waals surface area contributed by atoms with Gasteiger partial charge < -0.3 is 54.4 Å². The molecule has 0 saturated carbocycles. The molecular weight excluding hydrogens is 1260 g/mol. The molecule has 508 valence electrons. The van der Waals surface area contributed by atoms with Crippen LogP contribution in [0.2, 0.25) is 0 Å². The Morgan fingerprint density at radius 2 is 1.48 bits per heavy atom. The van der Waals surface area contributed by atoms with Gasteiger partial charge in [0.2, 0.25) is 0 Å². The minimum Gasteiger partial charge on any atom is -0.497 e. The molecule has 97 heavy (non-hydrogen) atoms. The summed E-state index contributed by atoms with van der Waals surface area (Å²) >= 11 is 0. The van der Waals surface area contributed by atoms with E-state index in [0.29, 0.717) is 61.5 Å². The van der Waals surface area contributed by atoms with Gasteiger partial charge in [0.15, 0.2) is 29.5 Å². The number of phosphoric ester groups is 1. The number of nitrogens with one attached hydrogen (secondary N) is 3. The average molecular weight is 1340 g/mol. The largest absolute Gasteiger partial charge is 0.497 e. The summed E-state index contributed by atoms with van der Waals surface area (Å²) in [4.78, 5) is 41.9. The number of aliphatic hydroxyl groups excluding tert-OH is 3. The number of benzene rings is 6. The van der Waals surface area contributed by atoms with Crippen LogP contribution in [0.15, 0.2) is 176 Å². The van der Waals surface area contributed by atoms with Crippen molar-refractivity contribution >= 4 is 36.7 Å². The summed E-state index contributed by atoms with van der Waals surface area (Å²) in [5.74, 6) is 0.899. The van der Waals surface area contributed by atoms with Gasteiger partial charge in [-0.15, -0.1) is 0 Å². The van der Waals surface area contributed by atoms with Gasteiger partial charge in [0.25, 0.3) is 5.91 Å². The lowest BCUT2D eigenvalue weighted by molar-refractivity contribution is -0.107. The number of phosphoric acid groups is 1. The summed E-state index contributed by atoms with van der Waals surface area (Å²) in [5.41, 5.74) is 7.74. The highest BCUT2D eigenvalue weighted by molar-refractivity contribution is 7.48. The lowest BCUT2D eigenvalue weighted by Gasteiger charge is -2.37. The maximum absolute atomic E-state index is 15.2. The van der Waals surface area contributed by atoms with Crippen molar-refractivity contribution in [1.82, 2.24) is 35.1 Å². The van der Waals surface area contributed by atoms with Crippen molar-refractivity contribution < 1.29 is 71.5 Å². The maximum Gasteiger partial charge on any atom is 0.475 e. The number of hydrogen-bond acceptors (Lipinski definition) is 20.